The highest BCUT2D eigenvalue weighted by Crippen LogP contribution is 2.30. The summed E-state index contributed by atoms with van der Waals surface area (Å²) in [7, 11) is 0. The van der Waals surface area contributed by atoms with E-state index in [4.69, 9.17) is 23.7 Å². The van der Waals surface area contributed by atoms with Crippen LogP contribution in [0.5, 0.6) is 0 Å². The van der Waals surface area contributed by atoms with Crippen LogP contribution in [0.3, 0.4) is 0 Å². The fourth-order valence-corrected chi connectivity index (χ4v) is 5.36. The number of ether oxygens (including phenoxy) is 5. The maximum Gasteiger partial charge on any atom is 0.407 e. The Hall–Kier alpha value is -2.73. The quantitative estimate of drug-likeness (QED) is 0.153. The molecule has 2 aliphatic heterocycles. The van der Waals surface area contributed by atoms with Crippen LogP contribution in [0.1, 0.15) is 44.5 Å². The van der Waals surface area contributed by atoms with Gasteiger partial charge in [0.1, 0.15) is 42.2 Å². The molecule has 1 amide bonds. The minimum Gasteiger partial charge on any atom is -0.444 e. The summed E-state index contributed by atoms with van der Waals surface area (Å²) in [5.41, 5.74) is 0.615. The molecular formula is C33H48N2O12. The first-order valence-corrected chi connectivity index (χ1v) is 15.7. The van der Waals surface area contributed by atoms with Gasteiger partial charge in [0.05, 0.1) is 25.4 Å². The Morgan fingerprint density at radius 2 is 1.23 bits per heavy atom. The molecule has 2 heterocycles. The van der Waals surface area contributed by atoms with Gasteiger partial charge < -0.3 is 59.6 Å². The van der Waals surface area contributed by atoms with Crippen LogP contribution in [0.2, 0.25) is 0 Å². The summed E-state index contributed by atoms with van der Waals surface area (Å²) in [5.74, 6) is 0. The van der Waals surface area contributed by atoms with E-state index in [9.17, 15) is 35.4 Å². The van der Waals surface area contributed by atoms with E-state index in [0.29, 0.717) is 11.1 Å². The Morgan fingerprint density at radius 3 is 1.64 bits per heavy atom. The van der Waals surface area contributed by atoms with Gasteiger partial charge in [0.25, 0.3) is 0 Å². The van der Waals surface area contributed by atoms with Crippen molar-refractivity contribution in [2.45, 2.75) is 87.8 Å². The fourth-order valence-electron chi connectivity index (χ4n) is 5.36. The Kier molecular flexibility index (Phi) is 13.5. The summed E-state index contributed by atoms with van der Waals surface area (Å²) >= 11 is 0. The SMILES string of the molecule is CC(C)(C)OC(=O)NCCN(C[C@H](O)[C@@H](O)[C@@H]1OC(c2ccccc2)OC[C@H]1O)C[C@H](O)[C@@H](O)[C@@H]1OC(c2ccccc2)OC[C@H]1O. The third-order valence-corrected chi connectivity index (χ3v) is 7.75. The van der Waals surface area contributed by atoms with E-state index in [1.165, 1.54) is 4.90 Å². The molecule has 2 aliphatic rings. The zero-order chi connectivity index (χ0) is 34.1. The number of nitrogens with zero attached hydrogens (tertiary/aromatic N) is 1. The predicted octanol–water partition coefficient (Wildman–Crippen LogP) is 0.207. The van der Waals surface area contributed by atoms with Gasteiger partial charge in [-0.1, -0.05) is 60.7 Å². The lowest BCUT2D eigenvalue weighted by Crippen LogP contribution is -2.56. The number of alkyl carbamates (subject to hydrolysis) is 1. The minimum atomic E-state index is -1.57. The molecule has 2 aromatic rings. The molecule has 14 nitrogen and oxygen atoms in total. The largest absolute Gasteiger partial charge is 0.444 e. The number of hydrogen-bond donors (Lipinski definition) is 7. The third kappa shape index (κ3) is 10.9. The van der Waals surface area contributed by atoms with Crippen molar-refractivity contribution in [1.29, 1.82) is 0 Å². The maximum atomic E-state index is 12.2. The third-order valence-electron chi connectivity index (χ3n) is 7.75. The topological polar surface area (TPSA) is 200 Å². The molecule has 0 bridgehead atoms. The van der Waals surface area contributed by atoms with Gasteiger partial charge in [0.2, 0.25) is 0 Å². The van der Waals surface area contributed by atoms with Gasteiger partial charge in [-0.05, 0) is 20.8 Å². The van der Waals surface area contributed by atoms with Crippen molar-refractivity contribution in [2.75, 3.05) is 39.4 Å². The smallest absolute Gasteiger partial charge is 0.407 e. The van der Waals surface area contributed by atoms with Crippen LogP contribution < -0.4 is 5.32 Å². The summed E-state index contributed by atoms with van der Waals surface area (Å²) in [6.45, 7) is 4.46. The molecule has 14 heteroatoms. The highest BCUT2D eigenvalue weighted by molar-refractivity contribution is 5.67. The summed E-state index contributed by atoms with van der Waals surface area (Å²) in [6.07, 6.45) is -13.4. The summed E-state index contributed by atoms with van der Waals surface area (Å²) < 4.78 is 28.1. The van der Waals surface area contributed by atoms with Gasteiger partial charge in [-0.25, -0.2) is 4.79 Å². The molecule has 2 saturated heterocycles. The van der Waals surface area contributed by atoms with Crippen molar-refractivity contribution in [3.05, 3.63) is 71.8 Å². The number of carbonyl (C=O) groups is 1. The summed E-state index contributed by atoms with van der Waals surface area (Å²) in [6, 6.07) is 17.9. The van der Waals surface area contributed by atoms with Gasteiger partial charge >= 0.3 is 6.09 Å². The van der Waals surface area contributed by atoms with Gasteiger partial charge in [-0.15, -0.1) is 0 Å². The second kappa shape index (κ2) is 17.1. The standard InChI is InChI=1S/C33H48N2O12/c1-33(2,3)47-32(42)34-14-15-35(16-22(36)26(40)28-24(38)18-43-30(45-28)20-10-6-4-7-11-20)17-23(37)27(41)29-25(39)19-44-31(46-29)21-12-8-5-9-13-21/h4-13,22-31,36-41H,14-19H2,1-3H3,(H,34,42)/t22-,23-,24+,25+,26+,27+,28+,29+,30?,31?/m0/s1. The van der Waals surface area contributed by atoms with Gasteiger partial charge in [0, 0.05) is 37.3 Å². The zero-order valence-electron chi connectivity index (χ0n) is 26.9. The van der Waals surface area contributed by atoms with Crippen molar-refractivity contribution in [2.24, 2.45) is 0 Å². The number of aliphatic hydroxyl groups excluding tert-OH is 6. The lowest BCUT2D eigenvalue weighted by atomic mass is 9.99. The van der Waals surface area contributed by atoms with Crippen LogP contribution in [-0.2, 0) is 23.7 Å². The van der Waals surface area contributed by atoms with E-state index < -0.39 is 73.1 Å². The lowest BCUT2D eigenvalue weighted by Gasteiger charge is -2.40. The Labute approximate surface area is 274 Å². The van der Waals surface area contributed by atoms with E-state index in [0.717, 1.165) is 0 Å². The summed E-state index contributed by atoms with van der Waals surface area (Å²) in [5, 5.41) is 68.2. The Balaban J connectivity index is 1.42. The first-order valence-electron chi connectivity index (χ1n) is 15.7. The molecule has 2 fully saturated rings. The molecule has 0 saturated carbocycles. The van der Waals surface area contributed by atoms with E-state index in [2.05, 4.69) is 5.32 Å². The number of nitrogens with one attached hydrogen (secondary N) is 1. The molecular weight excluding hydrogens is 616 g/mol. The second-order valence-electron chi connectivity index (χ2n) is 12.8. The van der Waals surface area contributed by atoms with Crippen LogP contribution in [0.15, 0.2) is 60.7 Å². The van der Waals surface area contributed by atoms with E-state index in [1.807, 2.05) is 12.1 Å². The van der Waals surface area contributed by atoms with Crippen LogP contribution >= 0.6 is 0 Å². The molecule has 10 atom stereocenters. The first-order chi connectivity index (χ1) is 22.3. The second-order valence-corrected chi connectivity index (χ2v) is 12.8. The van der Waals surface area contributed by atoms with Crippen molar-refractivity contribution in [1.82, 2.24) is 10.2 Å². The molecule has 2 aromatic carbocycles. The van der Waals surface area contributed by atoms with Crippen LogP contribution in [0, 0.1) is 0 Å². The van der Waals surface area contributed by atoms with Gasteiger partial charge in [-0.2, -0.15) is 0 Å². The van der Waals surface area contributed by atoms with E-state index in [1.54, 1.807) is 69.3 Å². The van der Waals surface area contributed by atoms with Gasteiger partial charge in [0.15, 0.2) is 12.6 Å². The molecule has 7 N–H and O–H groups in total. The molecule has 47 heavy (non-hydrogen) atoms. The number of hydrogen-bond acceptors (Lipinski definition) is 13. The minimum absolute atomic E-state index is 0.0273. The van der Waals surface area contributed by atoms with Crippen LogP contribution in [0.4, 0.5) is 4.79 Å². The number of benzene rings is 2. The number of aliphatic hydroxyl groups is 6. The monoisotopic (exact) mass is 664 g/mol. The average molecular weight is 665 g/mol. The molecule has 262 valence electrons. The maximum absolute atomic E-state index is 12.2. The normalized spacial score (nSPS) is 27.9. The van der Waals surface area contributed by atoms with Crippen LogP contribution in [-0.4, -0.2) is 135 Å². The van der Waals surface area contributed by atoms with Crippen molar-refractivity contribution in [3.63, 3.8) is 0 Å². The Bertz CT molecular complexity index is 1140. The molecule has 2 unspecified atom stereocenters. The van der Waals surface area contributed by atoms with Gasteiger partial charge in [-0.3, -0.25) is 4.90 Å². The highest BCUT2D eigenvalue weighted by atomic mass is 16.7. The zero-order valence-corrected chi connectivity index (χ0v) is 26.9. The van der Waals surface area contributed by atoms with Crippen molar-refractivity contribution < 1.29 is 59.1 Å². The molecule has 0 aromatic heterocycles. The Morgan fingerprint density at radius 1 is 0.809 bits per heavy atom. The van der Waals surface area contributed by atoms with Crippen molar-refractivity contribution >= 4 is 6.09 Å². The molecule has 0 spiro atoms. The predicted molar refractivity (Wildman–Crippen MR) is 167 cm³/mol. The lowest BCUT2D eigenvalue weighted by molar-refractivity contribution is -0.285. The summed E-state index contributed by atoms with van der Waals surface area (Å²) in [4.78, 5) is 13.8. The van der Waals surface area contributed by atoms with Crippen molar-refractivity contribution in [3.8, 4) is 0 Å². The highest BCUT2D eigenvalue weighted by Gasteiger charge is 2.42. The van der Waals surface area contributed by atoms with Crippen LogP contribution in [0.25, 0.3) is 0 Å². The number of carbonyl (C=O) groups excluding carboxylic acids is 1. The molecule has 0 aliphatic carbocycles. The first kappa shape index (κ1) is 37.1. The number of rotatable bonds is 13. The fraction of sp³-hybridized carbons (Fsp3) is 0.606. The number of amides is 1. The molecule has 0 radical (unpaired) electrons. The van der Waals surface area contributed by atoms with E-state index in [-0.39, 0.29) is 39.4 Å². The van der Waals surface area contributed by atoms with E-state index >= 15 is 0 Å². The molecule has 4 rings (SSSR count). The average Bonchev–Trinajstić information content (AvgIpc) is 3.04.